The van der Waals surface area contributed by atoms with Crippen LogP contribution in [0.3, 0.4) is 0 Å². The van der Waals surface area contributed by atoms with E-state index in [1.54, 1.807) is 0 Å². The van der Waals surface area contributed by atoms with Crippen LogP contribution in [0.4, 0.5) is 0 Å². The van der Waals surface area contributed by atoms with Crippen molar-refractivity contribution in [2.45, 2.75) is 193 Å². The number of quaternary nitrogens is 1. The lowest BCUT2D eigenvalue weighted by atomic mass is 10.0. The number of unbranched alkanes of at least 4 members (excludes halogenated alkanes) is 23. The first-order valence-corrected chi connectivity index (χ1v) is 22.6. The van der Waals surface area contributed by atoms with Crippen LogP contribution in [-0.2, 0) is 18.6 Å². The molecular formula is C41H85NO5P+. The molecule has 0 rings (SSSR count). The molecule has 2 unspecified atom stereocenters. The van der Waals surface area contributed by atoms with Crippen molar-refractivity contribution in [1.29, 1.82) is 0 Å². The Bertz CT molecular complexity index is 726. The molecule has 0 saturated heterocycles. The van der Waals surface area contributed by atoms with Gasteiger partial charge in [0.25, 0.3) is 0 Å². The SMILES string of the molecule is CCCCCC/C=C/CCCCCCCCOC(COCCCCCCCCCCCCCCCC)COP(=O)(O)CCC[N+](C)(C)C. The van der Waals surface area contributed by atoms with Gasteiger partial charge in [0, 0.05) is 19.6 Å². The Morgan fingerprint density at radius 1 is 0.562 bits per heavy atom. The lowest BCUT2D eigenvalue weighted by molar-refractivity contribution is -0.870. The molecule has 48 heavy (non-hydrogen) atoms. The fourth-order valence-electron chi connectivity index (χ4n) is 6.01. The molecule has 1 N–H and O–H groups in total. The van der Waals surface area contributed by atoms with Crippen molar-refractivity contribution in [2.24, 2.45) is 0 Å². The first-order chi connectivity index (χ1) is 23.2. The highest BCUT2D eigenvalue weighted by molar-refractivity contribution is 7.52. The second-order valence-electron chi connectivity index (χ2n) is 15.4. The molecule has 0 saturated carbocycles. The van der Waals surface area contributed by atoms with Crippen molar-refractivity contribution in [1.82, 2.24) is 0 Å². The van der Waals surface area contributed by atoms with Crippen LogP contribution in [0.1, 0.15) is 187 Å². The first-order valence-electron chi connectivity index (χ1n) is 20.8. The third-order valence-corrected chi connectivity index (χ3v) is 10.6. The lowest BCUT2D eigenvalue weighted by Gasteiger charge is -2.24. The van der Waals surface area contributed by atoms with Crippen LogP contribution >= 0.6 is 7.60 Å². The molecule has 6 nitrogen and oxygen atoms in total. The number of hydrogen-bond donors (Lipinski definition) is 1. The molecule has 0 bridgehead atoms. The number of ether oxygens (including phenoxy) is 2. The first kappa shape index (κ1) is 47.8. The van der Waals surface area contributed by atoms with Crippen molar-refractivity contribution in [3.05, 3.63) is 12.2 Å². The van der Waals surface area contributed by atoms with Gasteiger partial charge in [-0.15, -0.1) is 0 Å². The van der Waals surface area contributed by atoms with Gasteiger partial charge in [-0.1, -0.05) is 154 Å². The quantitative estimate of drug-likeness (QED) is 0.0299. The molecule has 0 aromatic rings. The second kappa shape index (κ2) is 35.2. The summed E-state index contributed by atoms with van der Waals surface area (Å²) in [6.07, 6.45) is 39.2. The van der Waals surface area contributed by atoms with Gasteiger partial charge < -0.3 is 23.4 Å². The molecule has 7 heteroatoms. The molecule has 0 radical (unpaired) electrons. The van der Waals surface area contributed by atoms with Crippen molar-refractivity contribution >= 4 is 7.60 Å². The Morgan fingerprint density at radius 2 is 0.979 bits per heavy atom. The molecule has 0 aliphatic heterocycles. The summed E-state index contributed by atoms with van der Waals surface area (Å²) in [6.45, 7) is 7.28. The maximum Gasteiger partial charge on any atom is 0.328 e. The predicted molar refractivity (Wildman–Crippen MR) is 209 cm³/mol. The van der Waals surface area contributed by atoms with E-state index in [0.29, 0.717) is 26.2 Å². The highest BCUT2D eigenvalue weighted by atomic mass is 31.2. The minimum Gasteiger partial charge on any atom is -0.379 e. The van der Waals surface area contributed by atoms with Crippen molar-refractivity contribution in [3.8, 4) is 0 Å². The summed E-state index contributed by atoms with van der Waals surface area (Å²) < 4.78 is 31.1. The standard InChI is InChI=1S/C41H84NO5P/c1-6-8-10-12-14-16-18-20-22-24-26-28-30-32-36-45-39-41(40-47-48(43,44)38-34-35-42(3,4)5)46-37-33-31-29-27-25-23-21-19-17-15-13-11-9-7-2/h17,19,41H,6-16,18,20-40H2,1-5H3/p+1/b19-17+. The van der Waals surface area contributed by atoms with Gasteiger partial charge in [-0.25, -0.2) is 0 Å². The Balaban J connectivity index is 4.12. The fraction of sp³-hybridized carbons (Fsp3) is 0.951. The van der Waals surface area contributed by atoms with Crippen molar-refractivity contribution in [2.75, 3.05) is 60.3 Å². The minimum atomic E-state index is -3.63. The van der Waals surface area contributed by atoms with E-state index in [9.17, 15) is 9.46 Å². The Morgan fingerprint density at radius 3 is 1.46 bits per heavy atom. The van der Waals surface area contributed by atoms with E-state index < -0.39 is 7.60 Å². The average molecular weight is 703 g/mol. The summed E-state index contributed by atoms with van der Waals surface area (Å²) in [5, 5.41) is 0. The smallest absolute Gasteiger partial charge is 0.328 e. The summed E-state index contributed by atoms with van der Waals surface area (Å²) >= 11 is 0. The lowest BCUT2D eigenvalue weighted by Crippen LogP contribution is -2.35. The number of allylic oxidation sites excluding steroid dienone is 2. The summed E-state index contributed by atoms with van der Waals surface area (Å²) in [6, 6.07) is 0. The van der Waals surface area contributed by atoms with Crippen molar-refractivity contribution in [3.63, 3.8) is 0 Å². The molecule has 0 amide bonds. The highest BCUT2D eigenvalue weighted by Crippen LogP contribution is 2.42. The maximum atomic E-state index is 12.7. The number of hydrogen-bond acceptors (Lipinski definition) is 4. The van der Waals surface area contributed by atoms with Crippen LogP contribution in [0.25, 0.3) is 0 Å². The second-order valence-corrected chi connectivity index (χ2v) is 17.4. The van der Waals surface area contributed by atoms with E-state index in [1.807, 2.05) is 0 Å². The van der Waals surface area contributed by atoms with E-state index in [1.165, 1.54) is 148 Å². The minimum absolute atomic E-state index is 0.114. The number of rotatable bonds is 39. The van der Waals surface area contributed by atoms with Crippen LogP contribution in [0.15, 0.2) is 12.2 Å². The van der Waals surface area contributed by atoms with E-state index in [0.717, 1.165) is 30.3 Å². The molecule has 2 atom stereocenters. The molecule has 0 aliphatic carbocycles. The van der Waals surface area contributed by atoms with Crippen molar-refractivity contribution < 1.29 is 27.9 Å². The summed E-state index contributed by atoms with van der Waals surface area (Å²) in [4.78, 5) is 10.4. The highest BCUT2D eigenvalue weighted by Gasteiger charge is 2.23. The largest absolute Gasteiger partial charge is 0.379 e. The maximum absolute atomic E-state index is 12.7. The van der Waals surface area contributed by atoms with E-state index in [4.69, 9.17) is 14.0 Å². The van der Waals surface area contributed by atoms with E-state index in [-0.39, 0.29) is 18.9 Å². The molecule has 288 valence electrons. The van der Waals surface area contributed by atoms with Crippen LogP contribution in [-0.4, -0.2) is 75.8 Å². The van der Waals surface area contributed by atoms with Crippen LogP contribution in [0, 0.1) is 0 Å². The summed E-state index contributed by atoms with van der Waals surface area (Å²) in [7, 11) is 2.65. The van der Waals surface area contributed by atoms with Gasteiger partial charge in [-0.3, -0.25) is 4.57 Å². The zero-order chi connectivity index (χ0) is 35.4. The molecule has 0 spiro atoms. The van der Waals surface area contributed by atoms with Crippen LogP contribution in [0.5, 0.6) is 0 Å². The zero-order valence-electron chi connectivity index (χ0n) is 33.0. The Hall–Kier alpha value is -0.230. The summed E-state index contributed by atoms with van der Waals surface area (Å²) in [5.41, 5.74) is 0. The third-order valence-electron chi connectivity index (χ3n) is 9.19. The van der Waals surface area contributed by atoms with Gasteiger partial charge in [0.2, 0.25) is 0 Å². The van der Waals surface area contributed by atoms with Gasteiger partial charge in [-0.05, 0) is 38.5 Å². The average Bonchev–Trinajstić information content (AvgIpc) is 3.04. The molecule has 0 heterocycles. The fourth-order valence-corrected chi connectivity index (χ4v) is 7.08. The number of nitrogens with zero attached hydrogens (tertiary/aromatic N) is 1. The Kier molecular flexibility index (Phi) is 35.0. The Labute approximate surface area is 300 Å². The zero-order valence-corrected chi connectivity index (χ0v) is 33.9. The van der Waals surface area contributed by atoms with Gasteiger partial charge in [0.1, 0.15) is 6.10 Å². The molecule has 0 aliphatic rings. The topological polar surface area (TPSA) is 65.0 Å². The molecule has 0 fully saturated rings. The summed E-state index contributed by atoms with van der Waals surface area (Å²) in [5.74, 6) is 0. The van der Waals surface area contributed by atoms with Gasteiger partial charge in [-0.2, -0.15) is 0 Å². The normalized spacial score (nSPS) is 14.2. The van der Waals surface area contributed by atoms with E-state index >= 15 is 0 Å². The van der Waals surface area contributed by atoms with E-state index in [2.05, 4.69) is 47.1 Å². The van der Waals surface area contributed by atoms with Gasteiger partial charge in [0.15, 0.2) is 0 Å². The van der Waals surface area contributed by atoms with Crippen LogP contribution in [0.2, 0.25) is 0 Å². The molecule has 0 aromatic carbocycles. The van der Waals surface area contributed by atoms with Crippen LogP contribution < -0.4 is 0 Å². The molecule has 0 aromatic heterocycles. The predicted octanol–water partition coefficient (Wildman–Crippen LogP) is 12.4. The third kappa shape index (κ3) is 38.6. The molecular weight excluding hydrogens is 617 g/mol. The van der Waals surface area contributed by atoms with Gasteiger partial charge >= 0.3 is 7.60 Å². The van der Waals surface area contributed by atoms with Gasteiger partial charge in [0.05, 0.1) is 47.1 Å². The monoisotopic (exact) mass is 703 g/mol.